The van der Waals surface area contributed by atoms with E-state index in [1.165, 1.54) is 12.8 Å². The van der Waals surface area contributed by atoms with Crippen molar-refractivity contribution >= 4 is 0 Å². The highest BCUT2D eigenvalue weighted by molar-refractivity contribution is 4.83. The van der Waals surface area contributed by atoms with Crippen molar-refractivity contribution in [2.24, 2.45) is 11.8 Å². The van der Waals surface area contributed by atoms with Crippen LogP contribution in [0.15, 0.2) is 0 Å². The summed E-state index contributed by atoms with van der Waals surface area (Å²) in [6.07, 6.45) is 4.17. The topological polar surface area (TPSA) is 12.0 Å². The van der Waals surface area contributed by atoms with Gasteiger partial charge in [0.15, 0.2) is 0 Å². The Morgan fingerprint density at radius 2 is 1.71 bits per heavy atom. The van der Waals surface area contributed by atoms with E-state index in [1.54, 1.807) is 0 Å². The minimum Gasteiger partial charge on any atom is -0.316 e. The fourth-order valence-electron chi connectivity index (χ4n) is 2.82. The Morgan fingerprint density at radius 1 is 1.00 bits per heavy atom. The molecular formula is C11H19F2N. The third kappa shape index (κ3) is 2.44. The zero-order chi connectivity index (χ0) is 10.0. The lowest BCUT2D eigenvalue weighted by molar-refractivity contribution is -0.0533. The van der Waals surface area contributed by atoms with Crippen LogP contribution in [-0.4, -0.2) is 19.0 Å². The van der Waals surface area contributed by atoms with Crippen molar-refractivity contribution in [3.8, 4) is 0 Å². The molecule has 2 aliphatic rings. The highest BCUT2D eigenvalue weighted by atomic mass is 19.3. The zero-order valence-electron chi connectivity index (χ0n) is 8.57. The second-order valence-corrected chi connectivity index (χ2v) is 4.80. The van der Waals surface area contributed by atoms with Crippen molar-refractivity contribution in [2.45, 2.75) is 44.4 Å². The van der Waals surface area contributed by atoms with Gasteiger partial charge in [-0.2, -0.15) is 0 Å². The molecular weight excluding hydrogens is 184 g/mol. The van der Waals surface area contributed by atoms with E-state index in [-0.39, 0.29) is 12.8 Å². The first kappa shape index (κ1) is 10.3. The Labute approximate surface area is 84.3 Å². The van der Waals surface area contributed by atoms with Crippen LogP contribution in [0.1, 0.15) is 38.5 Å². The van der Waals surface area contributed by atoms with E-state index in [9.17, 15) is 8.78 Å². The fourth-order valence-corrected chi connectivity index (χ4v) is 2.82. The lowest BCUT2D eigenvalue weighted by atomic mass is 9.76. The summed E-state index contributed by atoms with van der Waals surface area (Å²) in [7, 11) is 0. The molecule has 0 bridgehead atoms. The van der Waals surface area contributed by atoms with Gasteiger partial charge in [-0.1, -0.05) is 0 Å². The smallest absolute Gasteiger partial charge is 0.248 e. The predicted molar refractivity (Wildman–Crippen MR) is 52.5 cm³/mol. The summed E-state index contributed by atoms with van der Waals surface area (Å²) in [5.41, 5.74) is 0. The van der Waals surface area contributed by atoms with E-state index in [0.29, 0.717) is 11.8 Å². The third-order valence-corrected chi connectivity index (χ3v) is 3.76. The quantitative estimate of drug-likeness (QED) is 0.691. The molecule has 0 aromatic heterocycles. The second-order valence-electron chi connectivity index (χ2n) is 4.80. The molecule has 14 heavy (non-hydrogen) atoms. The van der Waals surface area contributed by atoms with Crippen LogP contribution in [0.3, 0.4) is 0 Å². The molecule has 1 unspecified atom stereocenters. The van der Waals surface area contributed by atoms with Gasteiger partial charge >= 0.3 is 0 Å². The van der Waals surface area contributed by atoms with Crippen molar-refractivity contribution in [2.75, 3.05) is 13.1 Å². The van der Waals surface area contributed by atoms with Crippen LogP contribution in [0.2, 0.25) is 0 Å². The number of piperidine rings is 1. The summed E-state index contributed by atoms with van der Waals surface area (Å²) in [5, 5.41) is 3.37. The highest BCUT2D eigenvalue weighted by Gasteiger charge is 2.37. The predicted octanol–water partition coefficient (Wildman–Crippen LogP) is 2.81. The minimum atomic E-state index is -2.36. The Kier molecular flexibility index (Phi) is 3.05. The van der Waals surface area contributed by atoms with Crippen molar-refractivity contribution in [1.29, 1.82) is 0 Å². The number of rotatable bonds is 1. The molecule has 0 spiro atoms. The van der Waals surface area contributed by atoms with E-state index >= 15 is 0 Å². The number of hydrogen-bond donors (Lipinski definition) is 1. The first-order valence-corrected chi connectivity index (χ1v) is 5.76. The summed E-state index contributed by atoms with van der Waals surface area (Å²) in [5.74, 6) is -1.14. The van der Waals surface area contributed by atoms with E-state index < -0.39 is 5.92 Å². The lowest BCUT2D eigenvalue weighted by Gasteiger charge is -2.35. The summed E-state index contributed by atoms with van der Waals surface area (Å²) < 4.78 is 25.9. The summed E-state index contributed by atoms with van der Waals surface area (Å²) in [4.78, 5) is 0. The largest absolute Gasteiger partial charge is 0.316 e. The summed E-state index contributed by atoms with van der Waals surface area (Å²) in [6, 6.07) is 0. The minimum absolute atomic E-state index is 0.119. The molecule has 0 amide bonds. The standard InChI is InChI=1S/C11H19F2N/c12-11(13)5-3-9(4-6-11)10-2-1-7-14-8-10/h9-10,14H,1-8H2. The number of nitrogens with one attached hydrogen (secondary N) is 1. The van der Waals surface area contributed by atoms with Crippen LogP contribution in [0.25, 0.3) is 0 Å². The van der Waals surface area contributed by atoms with Crippen molar-refractivity contribution in [3.63, 3.8) is 0 Å². The maximum absolute atomic E-state index is 12.9. The van der Waals surface area contributed by atoms with Gasteiger partial charge in [0, 0.05) is 12.8 Å². The van der Waals surface area contributed by atoms with Gasteiger partial charge in [0.2, 0.25) is 5.92 Å². The zero-order valence-corrected chi connectivity index (χ0v) is 8.57. The second kappa shape index (κ2) is 4.13. The van der Waals surface area contributed by atoms with Gasteiger partial charge < -0.3 is 5.32 Å². The molecule has 82 valence electrons. The molecule has 1 atom stereocenters. The molecule has 1 heterocycles. The molecule has 0 aromatic rings. The van der Waals surface area contributed by atoms with Gasteiger partial charge in [-0.05, 0) is 50.6 Å². The van der Waals surface area contributed by atoms with Gasteiger partial charge in [-0.15, -0.1) is 0 Å². The van der Waals surface area contributed by atoms with Crippen molar-refractivity contribution in [1.82, 2.24) is 5.32 Å². The van der Waals surface area contributed by atoms with Gasteiger partial charge in [0.05, 0.1) is 0 Å². The van der Waals surface area contributed by atoms with Crippen LogP contribution >= 0.6 is 0 Å². The lowest BCUT2D eigenvalue weighted by Crippen LogP contribution is -2.37. The Balaban J connectivity index is 1.82. The van der Waals surface area contributed by atoms with Gasteiger partial charge in [0.25, 0.3) is 0 Å². The molecule has 3 heteroatoms. The summed E-state index contributed by atoms with van der Waals surface area (Å²) in [6.45, 7) is 2.16. The number of halogens is 2. The Hall–Kier alpha value is -0.180. The number of hydrogen-bond acceptors (Lipinski definition) is 1. The fraction of sp³-hybridized carbons (Fsp3) is 1.00. The normalized spacial score (nSPS) is 34.3. The van der Waals surface area contributed by atoms with E-state index in [0.717, 1.165) is 25.9 Å². The van der Waals surface area contributed by atoms with E-state index in [4.69, 9.17) is 0 Å². The molecule has 1 saturated heterocycles. The molecule has 2 rings (SSSR count). The molecule has 1 aliphatic heterocycles. The van der Waals surface area contributed by atoms with Crippen LogP contribution in [0, 0.1) is 11.8 Å². The first-order valence-electron chi connectivity index (χ1n) is 5.76. The Morgan fingerprint density at radius 3 is 2.29 bits per heavy atom. The van der Waals surface area contributed by atoms with Gasteiger partial charge in [-0.3, -0.25) is 0 Å². The maximum Gasteiger partial charge on any atom is 0.248 e. The molecule has 1 saturated carbocycles. The molecule has 0 radical (unpaired) electrons. The third-order valence-electron chi connectivity index (χ3n) is 3.76. The highest BCUT2D eigenvalue weighted by Crippen LogP contribution is 2.40. The average Bonchev–Trinajstić information content (AvgIpc) is 2.19. The SMILES string of the molecule is FC1(F)CCC(C2CCCNC2)CC1. The van der Waals surface area contributed by atoms with Gasteiger partial charge in [0.1, 0.15) is 0 Å². The number of alkyl halides is 2. The first-order chi connectivity index (χ1) is 6.67. The van der Waals surface area contributed by atoms with E-state index in [1.807, 2.05) is 0 Å². The monoisotopic (exact) mass is 203 g/mol. The van der Waals surface area contributed by atoms with Crippen LogP contribution in [-0.2, 0) is 0 Å². The van der Waals surface area contributed by atoms with Gasteiger partial charge in [-0.25, -0.2) is 8.78 Å². The van der Waals surface area contributed by atoms with Crippen LogP contribution < -0.4 is 5.32 Å². The van der Waals surface area contributed by atoms with Crippen LogP contribution in [0.5, 0.6) is 0 Å². The Bertz CT molecular complexity index is 178. The van der Waals surface area contributed by atoms with Crippen molar-refractivity contribution in [3.05, 3.63) is 0 Å². The molecule has 0 aromatic carbocycles. The summed E-state index contributed by atoms with van der Waals surface area (Å²) >= 11 is 0. The molecule has 2 fully saturated rings. The van der Waals surface area contributed by atoms with Crippen molar-refractivity contribution < 1.29 is 8.78 Å². The molecule has 1 nitrogen and oxygen atoms in total. The molecule has 1 aliphatic carbocycles. The maximum atomic E-state index is 12.9. The molecule has 1 N–H and O–H groups in total. The van der Waals surface area contributed by atoms with Crippen LogP contribution in [0.4, 0.5) is 8.78 Å². The average molecular weight is 203 g/mol. The van der Waals surface area contributed by atoms with E-state index in [2.05, 4.69) is 5.32 Å².